The molecule has 0 saturated heterocycles. The Balaban J connectivity index is 2.30. The van der Waals surface area contributed by atoms with Gasteiger partial charge in [0.15, 0.2) is 5.65 Å². The predicted octanol–water partition coefficient (Wildman–Crippen LogP) is -1.26. The third kappa shape index (κ3) is 4.84. The van der Waals surface area contributed by atoms with Gasteiger partial charge in [0, 0.05) is 27.2 Å². The van der Waals surface area contributed by atoms with Crippen LogP contribution in [0, 0.1) is 0 Å². The lowest BCUT2D eigenvalue weighted by Gasteiger charge is -2.16. The SMILES string of the molecule is CNc1nc2c(c(NC)nc(=O)n2CCN[C@@H](CCCCN)C(=O)O)c(=O)[nH]1. The number of carbonyl (C=O) groups is 1. The molecule has 12 nitrogen and oxygen atoms in total. The van der Waals surface area contributed by atoms with Gasteiger partial charge in [0.05, 0.1) is 0 Å². The highest BCUT2D eigenvalue weighted by Crippen LogP contribution is 2.14. The van der Waals surface area contributed by atoms with Crippen molar-refractivity contribution in [3.8, 4) is 0 Å². The summed E-state index contributed by atoms with van der Waals surface area (Å²) in [5, 5.41) is 17.9. The Morgan fingerprint density at radius 3 is 2.61 bits per heavy atom. The molecule has 154 valence electrons. The smallest absolute Gasteiger partial charge is 0.351 e. The molecule has 0 unspecified atom stereocenters. The van der Waals surface area contributed by atoms with E-state index in [0.29, 0.717) is 19.4 Å². The van der Waals surface area contributed by atoms with E-state index in [0.717, 1.165) is 6.42 Å². The number of aliphatic carboxylic acids is 1. The number of nitrogens with two attached hydrogens (primary N) is 1. The van der Waals surface area contributed by atoms with Crippen LogP contribution in [0.2, 0.25) is 0 Å². The lowest BCUT2D eigenvalue weighted by molar-refractivity contribution is -0.139. The predicted molar refractivity (Wildman–Crippen MR) is 106 cm³/mol. The second kappa shape index (κ2) is 9.80. The van der Waals surface area contributed by atoms with E-state index >= 15 is 0 Å². The third-order valence-electron chi connectivity index (χ3n) is 4.28. The van der Waals surface area contributed by atoms with Crippen molar-refractivity contribution in [1.29, 1.82) is 0 Å². The van der Waals surface area contributed by atoms with Crippen molar-refractivity contribution in [3.05, 3.63) is 20.8 Å². The molecule has 0 spiro atoms. The fraction of sp³-hybridized carbons (Fsp3) is 0.562. The molecule has 28 heavy (non-hydrogen) atoms. The maximum absolute atomic E-state index is 12.4. The number of nitrogens with one attached hydrogen (secondary N) is 4. The first kappa shape index (κ1) is 21.3. The van der Waals surface area contributed by atoms with Gasteiger partial charge in [-0.15, -0.1) is 0 Å². The maximum Gasteiger partial charge on any atom is 0.351 e. The van der Waals surface area contributed by atoms with Crippen molar-refractivity contribution < 1.29 is 9.90 Å². The van der Waals surface area contributed by atoms with Crippen molar-refractivity contribution in [2.24, 2.45) is 5.73 Å². The molecule has 2 aromatic rings. The first-order chi connectivity index (χ1) is 13.4. The van der Waals surface area contributed by atoms with Gasteiger partial charge in [0.2, 0.25) is 5.95 Å². The molecule has 0 fully saturated rings. The number of nitrogens with zero attached hydrogens (tertiary/aromatic N) is 3. The number of anilines is 2. The fourth-order valence-corrected chi connectivity index (χ4v) is 2.83. The normalized spacial score (nSPS) is 12.1. The largest absolute Gasteiger partial charge is 0.480 e. The van der Waals surface area contributed by atoms with Crippen LogP contribution in [0.1, 0.15) is 19.3 Å². The molecule has 2 aromatic heterocycles. The Bertz CT molecular complexity index is 939. The number of carboxylic acids is 1. The average molecular weight is 394 g/mol. The number of carboxylic acid groups (broad SMARTS) is 1. The summed E-state index contributed by atoms with van der Waals surface area (Å²) >= 11 is 0. The van der Waals surface area contributed by atoms with E-state index in [2.05, 4.69) is 30.9 Å². The first-order valence-corrected chi connectivity index (χ1v) is 8.99. The second-order valence-corrected chi connectivity index (χ2v) is 6.14. The number of H-pyrrole nitrogens is 1. The second-order valence-electron chi connectivity index (χ2n) is 6.14. The fourth-order valence-electron chi connectivity index (χ4n) is 2.83. The standard InChI is InChI=1S/C16H26N8O4/c1-18-11-10-12(22-15(19-2)23-13(10)25)24(16(28)21-11)8-7-20-9(14(26)27)5-3-4-6-17/h9,20H,3-8,17H2,1-2H3,(H,26,27)(H,18,21,28)(H2,19,22,23,25)/t9-/m0/s1. The number of unbranched alkanes of at least 4 members (excludes halogenated alkanes) is 1. The van der Waals surface area contributed by atoms with Crippen molar-refractivity contribution in [2.75, 3.05) is 37.8 Å². The van der Waals surface area contributed by atoms with Crippen molar-refractivity contribution >= 4 is 28.8 Å². The molecule has 2 rings (SSSR count). The molecule has 0 amide bonds. The first-order valence-electron chi connectivity index (χ1n) is 8.99. The van der Waals surface area contributed by atoms with Crippen molar-refractivity contribution in [2.45, 2.75) is 31.8 Å². The van der Waals surface area contributed by atoms with Gasteiger partial charge in [-0.3, -0.25) is 19.1 Å². The van der Waals surface area contributed by atoms with E-state index in [1.807, 2.05) is 0 Å². The van der Waals surface area contributed by atoms with Crippen LogP contribution in [-0.2, 0) is 11.3 Å². The summed E-state index contributed by atoms with van der Waals surface area (Å²) < 4.78 is 1.25. The minimum atomic E-state index is -0.968. The maximum atomic E-state index is 12.4. The van der Waals surface area contributed by atoms with Crippen molar-refractivity contribution in [1.82, 2.24) is 24.8 Å². The van der Waals surface area contributed by atoms with E-state index in [1.165, 1.54) is 4.57 Å². The molecule has 0 aliphatic rings. The Hall–Kier alpha value is -2.99. The zero-order chi connectivity index (χ0) is 20.7. The van der Waals surface area contributed by atoms with Crippen LogP contribution in [0.3, 0.4) is 0 Å². The third-order valence-corrected chi connectivity index (χ3v) is 4.28. The summed E-state index contributed by atoms with van der Waals surface area (Å²) in [6.45, 7) is 0.802. The van der Waals surface area contributed by atoms with E-state index in [-0.39, 0.29) is 35.9 Å². The van der Waals surface area contributed by atoms with Crippen LogP contribution in [0.4, 0.5) is 11.8 Å². The van der Waals surface area contributed by atoms with Gasteiger partial charge in [-0.2, -0.15) is 9.97 Å². The summed E-state index contributed by atoms with van der Waals surface area (Å²) in [5.41, 5.74) is 4.56. The molecular formula is C16H26N8O4. The summed E-state index contributed by atoms with van der Waals surface area (Å²) in [7, 11) is 3.14. The number of hydrogen-bond acceptors (Lipinski definition) is 9. The van der Waals surface area contributed by atoms with Crippen LogP contribution in [0.15, 0.2) is 9.59 Å². The molecule has 0 aliphatic carbocycles. The van der Waals surface area contributed by atoms with Crippen LogP contribution in [0.25, 0.3) is 11.0 Å². The van der Waals surface area contributed by atoms with Crippen LogP contribution < -0.4 is 32.9 Å². The molecule has 0 aromatic carbocycles. The highest BCUT2D eigenvalue weighted by Gasteiger charge is 2.18. The molecule has 0 saturated carbocycles. The van der Waals surface area contributed by atoms with E-state index in [1.54, 1.807) is 14.1 Å². The zero-order valence-electron chi connectivity index (χ0n) is 15.9. The molecular weight excluding hydrogens is 368 g/mol. The molecule has 0 bridgehead atoms. The molecule has 2 heterocycles. The average Bonchev–Trinajstić information content (AvgIpc) is 2.67. The lowest BCUT2D eigenvalue weighted by atomic mass is 10.1. The van der Waals surface area contributed by atoms with Gasteiger partial charge < -0.3 is 26.8 Å². The Morgan fingerprint density at radius 1 is 1.25 bits per heavy atom. The Morgan fingerprint density at radius 2 is 2.00 bits per heavy atom. The van der Waals surface area contributed by atoms with Gasteiger partial charge in [0.1, 0.15) is 17.2 Å². The summed E-state index contributed by atoms with van der Waals surface area (Å²) in [4.78, 5) is 46.9. The minimum absolute atomic E-state index is 0.104. The number of aromatic amines is 1. The summed E-state index contributed by atoms with van der Waals surface area (Å²) in [6.07, 6.45) is 1.86. The van der Waals surface area contributed by atoms with Crippen LogP contribution >= 0.6 is 0 Å². The van der Waals surface area contributed by atoms with E-state index in [9.17, 15) is 19.5 Å². The van der Waals surface area contributed by atoms with Gasteiger partial charge in [-0.05, 0) is 19.4 Å². The highest BCUT2D eigenvalue weighted by molar-refractivity contribution is 5.86. The molecule has 12 heteroatoms. The number of hydrogen-bond donors (Lipinski definition) is 6. The van der Waals surface area contributed by atoms with Gasteiger partial charge in [0.25, 0.3) is 5.56 Å². The molecule has 0 aliphatic heterocycles. The zero-order valence-corrected chi connectivity index (χ0v) is 15.9. The molecule has 1 atom stereocenters. The van der Waals surface area contributed by atoms with Gasteiger partial charge in [-0.25, -0.2) is 4.79 Å². The van der Waals surface area contributed by atoms with Crippen molar-refractivity contribution in [3.63, 3.8) is 0 Å². The Labute approximate surface area is 160 Å². The summed E-state index contributed by atoms with van der Waals surface area (Å²) in [6, 6.07) is -0.748. The molecule has 7 N–H and O–H groups in total. The lowest BCUT2D eigenvalue weighted by Crippen LogP contribution is -2.40. The quantitative estimate of drug-likeness (QED) is 0.252. The minimum Gasteiger partial charge on any atom is -0.480 e. The molecule has 0 radical (unpaired) electrons. The number of rotatable bonds is 11. The number of aromatic nitrogens is 4. The van der Waals surface area contributed by atoms with E-state index in [4.69, 9.17) is 5.73 Å². The van der Waals surface area contributed by atoms with Gasteiger partial charge >= 0.3 is 11.7 Å². The Kier molecular flexibility index (Phi) is 7.46. The topological polar surface area (TPSA) is 180 Å². The van der Waals surface area contributed by atoms with Crippen LogP contribution in [-0.4, -0.2) is 63.8 Å². The van der Waals surface area contributed by atoms with Crippen LogP contribution in [0.5, 0.6) is 0 Å². The summed E-state index contributed by atoms with van der Waals surface area (Å²) in [5.74, 6) is -0.632. The number of fused-ring (bicyclic) bond motifs is 1. The van der Waals surface area contributed by atoms with E-state index < -0.39 is 23.3 Å². The monoisotopic (exact) mass is 394 g/mol. The van der Waals surface area contributed by atoms with Gasteiger partial charge in [-0.1, -0.05) is 6.42 Å². The highest BCUT2D eigenvalue weighted by atomic mass is 16.4.